The second-order valence-electron chi connectivity index (χ2n) is 9.20. The molecule has 0 saturated carbocycles. The van der Waals surface area contributed by atoms with Crippen molar-refractivity contribution in [3.05, 3.63) is 77.4 Å². The molecule has 1 N–H and O–H groups in total. The number of amides is 1. The first-order valence-electron chi connectivity index (χ1n) is 12.5. The van der Waals surface area contributed by atoms with E-state index in [1.54, 1.807) is 33.5 Å². The third-order valence-electron chi connectivity index (χ3n) is 7.21. The van der Waals surface area contributed by atoms with E-state index in [1.165, 1.54) is 12.7 Å². The Bertz CT molecular complexity index is 1200. The Hall–Kier alpha value is -3.87. The van der Waals surface area contributed by atoms with Gasteiger partial charge in [0, 0.05) is 43.1 Å². The number of phenolic OH excluding ortho intramolecular Hbond substituents is 1. The highest BCUT2D eigenvalue weighted by Gasteiger charge is 2.30. The number of aromatic hydroxyl groups is 1. The lowest BCUT2D eigenvalue weighted by Gasteiger charge is -2.33. The summed E-state index contributed by atoms with van der Waals surface area (Å²) in [4.78, 5) is 15.6. The number of rotatable bonds is 9. The van der Waals surface area contributed by atoms with Crippen LogP contribution in [0.15, 0.2) is 60.7 Å². The van der Waals surface area contributed by atoms with Crippen LogP contribution in [0.25, 0.3) is 0 Å². The van der Waals surface area contributed by atoms with Crippen LogP contribution in [-0.2, 0) is 4.79 Å². The largest absolute Gasteiger partial charge is 0.507 e. The van der Waals surface area contributed by atoms with Crippen LogP contribution in [0.1, 0.15) is 47.8 Å². The van der Waals surface area contributed by atoms with Crippen LogP contribution in [-0.4, -0.2) is 57.4 Å². The normalized spacial score (nSPS) is 14.6. The van der Waals surface area contributed by atoms with Crippen LogP contribution in [0.5, 0.6) is 28.7 Å². The molecule has 1 atom stereocenters. The number of benzene rings is 3. The molecule has 1 saturated heterocycles. The zero-order valence-corrected chi connectivity index (χ0v) is 21.9. The summed E-state index contributed by atoms with van der Waals surface area (Å²) >= 11 is 0. The number of hydrogen-bond acceptors (Lipinski definition) is 6. The molecule has 1 aliphatic heterocycles. The number of hydrogen-bond donors (Lipinski definition) is 1. The standard InChI is InChI=1S/C30H35NO6/c1-34-23-17-25(32)30(28(18-23)37-4)24(22-10-11-26(35-2)27(16-22)36-3)19-29(33)31-14-12-21(13-15-31)20-8-6-5-7-9-20/h5-11,16-18,21,24,32H,12-15,19H2,1-4H3. The summed E-state index contributed by atoms with van der Waals surface area (Å²) in [5.74, 6) is 2.08. The minimum absolute atomic E-state index is 0.00608. The molecule has 37 heavy (non-hydrogen) atoms. The van der Waals surface area contributed by atoms with Crippen LogP contribution in [0.3, 0.4) is 0 Å². The van der Waals surface area contributed by atoms with Gasteiger partial charge in [-0.1, -0.05) is 36.4 Å². The number of phenols is 1. The fraction of sp³-hybridized carbons (Fsp3) is 0.367. The quantitative estimate of drug-likeness (QED) is 0.422. The van der Waals surface area contributed by atoms with E-state index < -0.39 is 5.92 Å². The van der Waals surface area contributed by atoms with E-state index in [9.17, 15) is 9.90 Å². The number of nitrogens with zero attached hydrogens (tertiary/aromatic N) is 1. The summed E-state index contributed by atoms with van der Waals surface area (Å²) in [6.45, 7) is 1.39. The molecule has 196 valence electrons. The van der Waals surface area contributed by atoms with Crippen molar-refractivity contribution in [2.24, 2.45) is 0 Å². The fourth-order valence-electron chi connectivity index (χ4n) is 5.17. The number of methoxy groups -OCH3 is 4. The van der Waals surface area contributed by atoms with E-state index in [-0.39, 0.29) is 18.1 Å². The maximum Gasteiger partial charge on any atom is 0.223 e. The Morgan fingerprint density at radius 1 is 0.865 bits per heavy atom. The van der Waals surface area contributed by atoms with E-state index in [0.717, 1.165) is 18.4 Å². The molecule has 0 bridgehead atoms. The second kappa shape index (κ2) is 11.9. The lowest BCUT2D eigenvalue weighted by molar-refractivity contribution is -0.132. The van der Waals surface area contributed by atoms with Gasteiger partial charge in [0.15, 0.2) is 11.5 Å². The topological polar surface area (TPSA) is 77.5 Å². The summed E-state index contributed by atoms with van der Waals surface area (Å²) in [6.07, 6.45) is 2.02. The maximum absolute atomic E-state index is 13.6. The second-order valence-corrected chi connectivity index (χ2v) is 9.20. The molecule has 3 aromatic rings. The van der Waals surface area contributed by atoms with Crippen molar-refractivity contribution >= 4 is 5.91 Å². The molecule has 1 aliphatic rings. The predicted octanol–water partition coefficient (Wildman–Crippen LogP) is 5.35. The predicted molar refractivity (Wildman–Crippen MR) is 142 cm³/mol. The van der Waals surface area contributed by atoms with Crippen LogP contribution >= 0.6 is 0 Å². The number of carbonyl (C=O) groups is 1. The van der Waals surface area contributed by atoms with Gasteiger partial charge in [0.05, 0.1) is 28.4 Å². The molecule has 0 spiro atoms. The molecule has 3 aromatic carbocycles. The van der Waals surface area contributed by atoms with Crippen molar-refractivity contribution in [1.82, 2.24) is 4.90 Å². The molecule has 1 fully saturated rings. The van der Waals surface area contributed by atoms with Gasteiger partial charge in [0.2, 0.25) is 5.91 Å². The molecule has 7 heteroatoms. The van der Waals surface area contributed by atoms with Gasteiger partial charge in [0.1, 0.15) is 17.2 Å². The van der Waals surface area contributed by atoms with E-state index in [1.807, 2.05) is 29.2 Å². The van der Waals surface area contributed by atoms with Crippen molar-refractivity contribution in [2.75, 3.05) is 41.5 Å². The van der Waals surface area contributed by atoms with Crippen LogP contribution < -0.4 is 18.9 Å². The minimum Gasteiger partial charge on any atom is -0.507 e. The molecular formula is C30H35NO6. The van der Waals surface area contributed by atoms with Gasteiger partial charge in [-0.2, -0.15) is 0 Å². The smallest absolute Gasteiger partial charge is 0.223 e. The maximum atomic E-state index is 13.6. The van der Waals surface area contributed by atoms with Gasteiger partial charge in [-0.15, -0.1) is 0 Å². The first-order chi connectivity index (χ1) is 18.0. The molecule has 0 aliphatic carbocycles. The summed E-state index contributed by atoms with van der Waals surface area (Å²) in [5.41, 5.74) is 2.66. The number of carbonyl (C=O) groups excluding carboxylic acids is 1. The Kier molecular flexibility index (Phi) is 8.43. The fourth-order valence-corrected chi connectivity index (χ4v) is 5.17. The van der Waals surface area contributed by atoms with E-state index in [4.69, 9.17) is 18.9 Å². The van der Waals surface area contributed by atoms with Crippen LogP contribution in [0.2, 0.25) is 0 Å². The van der Waals surface area contributed by atoms with Gasteiger partial charge in [-0.25, -0.2) is 0 Å². The van der Waals surface area contributed by atoms with E-state index in [2.05, 4.69) is 24.3 Å². The molecule has 7 nitrogen and oxygen atoms in total. The first-order valence-corrected chi connectivity index (χ1v) is 12.5. The SMILES string of the molecule is COc1cc(O)c(C(CC(=O)N2CCC(c3ccccc3)CC2)c2ccc(OC)c(OC)c2)c(OC)c1. The minimum atomic E-state index is -0.472. The zero-order valence-electron chi connectivity index (χ0n) is 21.9. The first kappa shape index (κ1) is 26.2. The summed E-state index contributed by atoms with van der Waals surface area (Å²) < 4.78 is 21.9. The molecule has 4 rings (SSSR count). The van der Waals surface area contributed by atoms with Crippen molar-refractivity contribution < 1.29 is 28.8 Å². The highest BCUT2D eigenvalue weighted by molar-refractivity contribution is 5.78. The van der Waals surface area contributed by atoms with E-state index >= 15 is 0 Å². The third-order valence-corrected chi connectivity index (χ3v) is 7.21. The Labute approximate surface area is 218 Å². The third kappa shape index (κ3) is 5.77. The van der Waals surface area contributed by atoms with Crippen molar-refractivity contribution in [3.8, 4) is 28.7 Å². The van der Waals surface area contributed by atoms with Crippen LogP contribution in [0, 0.1) is 0 Å². The zero-order chi connectivity index (χ0) is 26.4. The van der Waals surface area contributed by atoms with Gasteiger partial charge >= 0.3 is 0 Å². The lowest BCUT2D eigenvalue weighted by Crippen LogP contribution is -2.38. The van der Waals surface area contributed by atoms with Crippen LogP contribution in [0.4, 0.5) is 0 Å². The van der Waals surface area contributed by atoms with Crippen molar-refractivity contribution in [1.29, 1.82) is 0 Å². The molecule has 1 heterocycles. The van der Waals surface area contributed by atoms with E-state index in [0.29, 0.717) is 47.6 Å². The monoisotopic (exact) mass is 505 g/mol. The Balaban J connectivity index is 1.64. The molecular weight excluding hydrogens is 470 g/mol. The number of ether oxygens (including phenoxy) is 4. The summed E-state index contributed by atoms with van der Waals surface area (Å²) in [6, 6.07) is 19.3. The number of piperidine rings is 1. The van der Waals surface area contributed by atoms with Gasteiger partial charge < -0.3 is 29.0 Å². The Morgan fingerprint density at radius 2 is 1.54 bits per heavy atom. The number of likely N-dealkylation sites (tertiary alicyclic amines) is 1. The lowest BCUT2D eigenvalue weighted by atomic mass is 9.85. The molecule has 0 radical (unpaired) electrons. The highest BCUT2D eigenvalue weighted by atomic mass is 16.5. The Morgan fingerprint density at radius 3 is 2.16 bits per heavy atom. The van der Waals surface area contributed by atoms with Gasteiger partial charge in [-0.3, -0.25) is 4.79 Å². The van der Waals surface area contributed by atoms with Gasteiger partial charge in [0.25, 0.3) is 0 Å². The highest BCUT2D eigenvalue weighted by Crippen LogP contribution is 2.45. The summed E-state index contributed by atoms with van der Waals surface area (Å²) in [5, 5.41) is 11.0. The molecule has 0 aromatic heterocycles. The average molecular weight is 506 g/mol. The van der Waals surface area contributed by atoms with Crippen molar-refractivity contribution in [2.45, 2.75) is 31.1 Å². The average Bonchev–Trinajstić information content (AvgIpc) is 2.95. The van der Waals surface area contributed by atoms with Gasteiger partial charge in [-0.05, 0) is 42.0 Å². The molecule has 1 amide bonds. The molecule has 1 unspecified atom stereocenters. The summed E-state index contributed by atoms with van der Waals surface area (Å²) in [7, 11) is 6.22. The van der Waals surface area contributed by atoms with Crippen molar-refractivity contribution in [3.63, 3.8) is 0 Å².